The molecule has 2 amide bonds. The molecule has 0 aromatic rings. The van der Waals surface area contributed by atoms with Gasteiger partial charge in [-0.1, -0.05) is 18.2 Å². The van der Waals surface area contributed by atoms with Crippen LogP contribution in [0.25, 0.3) is 0 Å². The van der Waals surface area contributed by atoms with Gasteiger partial charge in [-0.05, 0) is 19.8 Å². The van der Waals surface area contributed by atoms with Crippen LogP contribution >= 0.6 is 0 Å². The minimum Gasteiger partial charge on any atom is -0.272 e. The number of nitrogens with zero attached hydrogens (tertiary/aromatic N) is 1. The molecule has 4 heteroatoms. The summed E-state index contributed by atoms with van der Waals surface area (Å²) < 4.78 is 0. The van der Waals surface area contributed by atoms with E-state index in [-0.39, 0.29) is 11.8 Å². The van der Waals surface area contributed by atoms with Crippen molar-refractivity contribution >= 4 is 11.8 Å². The molecule has 0 bridgehead atoms. The second-order valence-electron chi connectivity index (χ2n) is 3.65. The van der Waals surface area contributed by atoms with Crippen LogP contribution in [0.4, 0.5) is 0 Å². The predicted octanol–water partition coefficient (Wildman–Crippen LogP) is 1.02. The maximum Gasteiger partial charge on any atom is 0.257 e. The lowest BCUT2D eigenvalue weighted by molar-refractivity contribution is -0.138. The Morgan fingerprint density at radius 3 is 2.53 bits per heavy atom. The molecule has 1 rings (SSSR count). The summed E-state index contributed by atoms with van der Waals surface area (Å²) in [6.45, 7) is 5.46. The number of hydrogen-bond acceptors (Lipinski definition) is 2. The van der Waals surface area contributed by atoms with Crippen molar-refractivity contribution in [2.45, 2.75) is 19.8 Å². The van der Waals surface area contributed by atoms with E-state index in [4.69, 9.17) is 0 Å². The fourth-order valence-corrected chi connectivity index (χ4v) is 1.74. The van der Waals surface area contributed by atoms with Crippen LogP contribution in [-0.4, -0.2) is 23.9 Å². The van der Waals surface area contributed by atoms with E-state index in [1.807, 2.05) is 19.1 Å². The van der Waals surface area contributed by atoms with Crippen molar-refractivity contribution < 1.29 is 9.59 Å². The second-order valence-corrected chi connectivity index (χ2v) is 3.65. The minimum absolute atomic E-state index is 0.189. The lowest BCUT2D eigenvalue weighted by atomic mass is 9.80. The average Bonchev–Trinajstić information content (AvgIpc) is 2.41. The molecule has 1 aliphatic rings. The van der Waals surface area contributed by atoms with E-state index in [9.17, 15) is 9.59 Å². The number of nitrogens with one attached hydrogen (secondary N) is 1. The third kappa shape index (κ3) is 1.79. The van der Waals surface area contributed by atoms with Crippen LogP contribution < -0.4 is 5.43 Å². The van der Waals surface area contributed by atoms with E-state index in [1.54, 1.807) is 13.1 Å². The Morgan fingerprint density at radius 1 is 1.47 bits per heavy atom. The highest BCUT2D eigenvalue weighted by molar-refractivity contribution is 6.09. The van der Waals surface area contributed by atoms with Crippen LogP contribution in [0, 0.1) is 5.41 Å². The molecule has 0 aromatic heterocycles. The largest absolute Gasteiger partial charge is 0.272 e. The molecule has 0 saturated carbocycles. The minimum atomic E-state index is -0.983. The Hall–Kier alpha value is -1.58. The van der Waals surface area contributed by atoms with E-state index in [1.165, 1.54) is 5.01 Å². The van der Waals surface area contributed by atoms with Crippen LogP contribution in [0.2, 0.25) is 0 Å². The summed E-state index contributed by atoms with van der Waals surface area (Å²) in [5.41, 5.74) is 1.53. The molecule has 15 heavy (non-hydrogen) atoms. The Morgan fingerprint density at radius 2 is 2.13 bits per heavy atom. The monoisotopic (exact) mass is 208 g/mol. The van der Waals surface area contributed by atoms with Crippen LogP contribution in [0.15, 0.2) is 24.8 Å². The molecule has 1 fully saturated rings. The average molecular weight is 208 g/mol. The number of carbonyl (C=O) groups excluding carboxylic acids is 2. The van der Waals surface area contributed by atoms with Crippen molar-refractivity contribution in [2.75, 3.05) is 7.05 Å². The van der Waals surface area contributed by atoms with Gasteiger partial charge in [0.15, 0.2) is 0 Å². The first-order valence-electron chi connectivity index (χ1n) is 4.90. The van der Waals surface area contributed by atoms with Gasteiger partial charge >= 0.3 is 0 Å². The van der Waals surface area contributed by atoms with Crippen molar-refractivity contribution in [1.82, 2.24) is 10.4 Å². The van der Waals surface area contributed by atoms with Crippen LogP contribution in [-0.2, 0) is 9.59 Å². The summed E-state index contributed by atoms with van der Waals surface area (Å²) in [5.74, 6) is -0.432. The highest BCUT2D eigenvalue weighted by Gasteiger charge is 2.51. The van der Waals surface area contributed by atoms with E-state index in [2.05, 4.69) is 12.0 Å². The van der Waals surface area contributed by atoms with Gasteiger partial charge in [-0.2, -0.15) is 0 Å². The lowest BCUT2D eigenvalue weighted by Crippen LogP contribution is -2.35. The lowest BCUT2D eigenvalue weighted by Gasteiger charge is -2.19. The first kappa shape index (κ1) is 11.5. The van der Waals surface area contributed by atoms with E-state index >= 15 is 0 Å². The third-order valence-corrected chi connectivity index (χ3v) is 2.61. The molecule has 82 valence electrons. The molecule has 1 N–H and O–H groups in total. The van der Waals surface area contributed by atoms with Crippen molar-refractivity contribution in [3.63, 3.8) is 0 Å². The number of hydrazine groups is 1. The van der Waals surface area contributed by atoms with Gasteiger partial charge in [0.2, 0.25) is 0 Å². The van der Waals surface area contributed by atoms with E-state index in [0.29, 0.717) is 12.8 Å². The number of amides is 2. The standard InChI is InChI=1S/C11H16N2O2/c1-4-6-8-11(7-5-2)9(14)12-13(3)10(11)15/h4-6H,2,7-8H2,1,3H3,(H,12,14). The molecule has 1 saturated heterocycles. The Kier molecular flexibility index (Phi) is 3.29. The highest BCUT2D eigenvalue weighted by Crippen LogP contribution is 2.34. The van der Waals surface area contributed by atoms with Crippen molar-refractivity contribution in [2.24, 2.45) is 5.41 Å². The quantitative estimate of drug-likeness (QED) is 0.554. The molecule has 1 unspecified atom stereocenters. The zero-order valence-corrected chi connectivity index (χ0v) is 9.12. The van der Waals surface area contributed by atoms with Gasteiger partial charge in [0.1, 0.15) is 5.41 Å². The van der Waals surface area contributed by atoms with Gasteiger partial charge in [0, 0.05) is 7.05 Å². The van der Waals surface area contributed by atoms with Crippen molar-refractivity contribution in [1.29, 1.82) is 0 Å². The fourth-order valence-electron chi connectivity index (χ4n) is 1.74. The maximum atomic E-state index is 11.9. The van der Waals surface area contributed by atoms with Crippen LogP contribution in [0.3, 0.4) is 0 Å². The van der Waals surface area contributed by atoms with Gasteiger partial charge in [-0.25, -0.2) is 0 Å². The Bertz CT molecular complexity index is 323. The zero-order valence-electron chi connectivity index (χ0n) is 9.12. The molecule has 1 aliphatic heterocycles. The van der Waals surface area contributed by atoms with Crippen molar-refractivity contribution in [3.05, 3.63) is 24.8 Å². The van der Waals surface area contributed by atoms with Gasteiger partial charge < -0.3 is 0 Å². The number of rotatable bonds is 4. The predicted molar refractivity (Wildman–Crippen MR) is 57.6 cm³/mol. The number of hydrogen-bond donors (Lipinski definition) is 1. The molecule has 4 nitrogen and oxygen atoms in total. The van der Waals surface area contributed by atoms with Crippen molar-refractivity contribution in [3.8, 4) is 0 Å². The normalized spacial score (nSPS) is 26.1. The molecular formula is C11H16N2O2. The van der Waals surface area contributed by atoms with E-state index in [0.717, 1.165) is 0 Å². The Balaban J connectivity index is 3.02. The maximum absolute atomic E-state index is 11.9. The highest BCUT2D eigenvalue weighted by atomic mass is 16.2. The number of carbonyl (C=O) groups is 2. The first-order valence-corrected chi connectivity index (χ1v) is 4.90. The fraction of sp³-hybridized carbons (Fsp3) is 0.455. The summed E-state index contributed by atoms with van der Waals surface area (Å²) in [5, 5.41) is 1.25. The molecule has 0 radical (unpaired) electrons. The molecule has 0 aromatic carbocycles. The smallest absolute Gasteiger partial charge is 0.257 e. The molecule has 0 spiro atoms. The SMILES string of the molecule is C=CCC1(CC=CC)C(=O)NN(C)C1=O. The summed E-state index contributed by atoms with van der Waals surface area (Å²) in [7, 11) is 1.56. The van der Waals surface area contributed by atoms with Crippen LogP contribution in [0.5, 0.6) is 0 Å². The van der Waals surface area contributed by atoms with Gasteiger partial charge in [0.25, 0.3) is 11.8 Å². The second kappa shape index (κ2) is 4.29. The zero-order chi connectivity index (χ0) is 11.5. The van der Waals surface area contributed by atoms with Gasteiger partial charge in [0.05, 0.1) is 0 Å². The van der Waals surface area contributed by atoms with Gasteiger partial charge in [-0.15, -0.1) is 6.58 Å². The molecular weight excluding hydrogens is 192 g/mol. The van der Waals surface area contributed by atoms with E-state index < -0.39 is 5.41 Å². The summed E-state index contributed by atoms with van der Waals surface area (Å²) in [6, 6.07) is 0. The molecule has 0 aliphatic carbocycles. The topological polar surface area (TPSA) is 49.4 Å². The molecule has 1 atom stereocenters. The molecule has 1 heterocycles. The van der Waals surface area contributed by atoms with Gasteiger partial charge in [-0.3, -0.25) is 20.0 Å². The summed E-state index contributed by atoms with van der Waals surface area (Å²) in [6.07, 6.45) is 6.07. The van der Waals surface area contributed by atoms with Crippen LogP contribution in [0.1, 0.15) is 19.8 Å². The number of allylic oxidation sites excluding steroid dienone is 3. The summed E-state index contributed by atoms with van der Waals surface area (Å²) >= 11 is 0. The first-order chi connectivity index (χ1) is 7.08. The third-order valence-electron chi connectivity index (χ3n) is 2.61. The summed E-state index contributed by atoms with van der Waals surface area (Å²) in [4.78, 5) is 23.7. The Labute approximate surface area is 89.6 Å².